The van der Waals surface area contributed by atoms with E-state index in [4.69, 9.17) is 0 Å². The average molecular weight is 309 g/mol. The molecule has 0 saturated heterocycles. The van der Waals surface area contributed by atoms with Crippen molar-refractivity contribution in [3.05, 3.63) is 54.2 Å². The molecule has 2 heterocycles. The molecular weight excluding hydrogens is 294 g/mol. The smallest absolute Gasteiger partial charge is 0.224 e. The molecule has 0 spiro atoms. The van der Waals surface area contributed by atoms with E-state index < -0.39 is 0 Å². The van der Waals surface area contributed by atoms with E-state index in [1.54, 1.807) is 23.7 Å². The molecule has 3 rings (SSSR count). The number of hydrogen-bond donors (Lipinski definition) is 1. The molecule has 0 fully saturated rings. The van der Waals surface area contributed by atoms with Crippen LogP contribution in [0, 0.1) is 0 Å². The third-order valence-corrected chi connectivity index (χ3v) is 4.07. The fourth-order valence-corrected chi connectivity index (χ4v) is 2.85. The predicted octanol–water partition coefficient (Wildman–Crippen LogP) is 4.22. The molecule has 0 unspecified atom stereocenters. The second kappa shape index (κ2) is 6.49. The van der Waals surface area contributed by atoms with E-state index in [2.05, 4.69) is 15.3 Å². The van der Waals surface area contributed by atoms with Crippen LogP contribution >= 0.6 is 11.3 Å². The van der Waals surface area contributed by atoms with Crippen molar-refractivity contribution in [3.8, 4) is 21.8 Å². The lowest BCUT2D eigenvalue weighted by Gasteiger charge is -2.05. The molecule has 0 aliphatic heterocycles. The molecular formula is C17H15N3OS. The van der Waals surface area contributed by atoms with Crippen molar-refractivity contribution < 1.29 is 4.79 Å². The van der Waals surface area contributed by atoms with Crippen molar-refractivity contribution in [2.45, 2.75) is 13.3 Å². The highest BCUT2D eigenvalue weighted by atomic mass is 32.1. The third-order valence-electron chi connectivity index (χ3n) is 3.18. The molecule has 0 radical (unpaired) electrons. The quantitative estimate of drug-likeness (QED) is 0.785. The van der Waals surface area contributed by atoms with Gasteiger partial charge in [0, 0.05) is 41.0 Å². The largest absolute Gasteiger partial charge is 0.326 e. The van der Waals surface area contributed by atoms with Gasteiger partial charge in [-0.2, -0.15) is 0 Å². The Morgan fingerprint density at radius 3 is 2.86 bits per heavy atom. The number of hydrogen-bond acceptors (Lipinski definition) is 4. The van der Waals surface area contributed by atoms with Crippen LogP contribution in [-0.2, 0) is 4.79 Å². The first kappa shape index (κ1) is 14.4. The van der Waals surface area contributed by atoms with Gasteiger partial charge in [-0.15, -0.1) is 11.3 Å². The van der Waals surface area contributed by atoms with Gasteiger partial charge < -0.3 is 5.32 Å². The number of pyridine rings is 1. The summed E-state index contributed by atoms with van der Waals surface area (Å²) in [6.45, 7) is 1.83. The maximum Gasteiger partial charge on any atom is 0.224 e. The van der Waals surface area contributed by atoms with Crippen LogP contribution in [0.3, 0.4) is 0 Å². The van der Waals surface area contributed by atoms with Crippen LogP contribution in [0.2, 0.25) is 0 Å². The normalized spacial score (nSPS) is 10.4. The summed E-state index contributed by atoms with van der Waals surface area (Å²) in [5.74, 6) is 0.00600. The summed E-state index contributed by atoms with van der Waals surface area (Å²) in [4.78, 5) is 20.3. The standard InChI is InChI=1S/C17H15N3OS/c1-2-16(21)19-14-7-3-5-12(9-14)15-11-22-17(20-15)13-6-4-8-18-10-13/h3-11H,2H2,1H3,(H,19,21). The molecule has 1 amide bonds. The number of anilines is 1. The lowest BCUT2D eigenvalue weighted by atomic mass is 10.1. The molecule has 22 heavy (non-hydrogen) atoms. The summed E-state index contributed by atoms with van der Waals surface area (Å²) in [5, 5.41) is 5.82. The van der Waals surface area contributed by atoms with Crippen molar-refractivity contribution in [1.82, 2.24) is 9.97 Å². The van der Waals surface area contributed by atoms with Gasteiger partial charge in [0.05, 0.1) is 5.69 Å². The van der Waals surface area contributed by atoms with Gasteiger partial charge in [0.15, 0.2) is 0 Å². The van der Waals surface area contributed by atoms with E-state index in [-0.39, 0.29) is 5.91 Å². The molecule has 0 atom stereocenters. The summed E-state index contributed by atoms with van der Waals surface area (Å²) < 4.78 is 0. The van der Waals surface area contributed by atoms with Crippen LogP contribution in [0.15, 0.2) is 54.2 Å². The maximum absolute atomic E-state index is 11.5. The molecule has 0 bridgehead atoms. The average Bonchev–Trinajstić information content (AvgIpc) is 3.06. The van der Waals surface area contributed by atoms with Crippen LogP contribution in [-0.4, -0.2) is 15.9 Å². The maximum atomic E-state index is 11.5. The Morgan fingerprint density at radius 1 is 1.23 bits per heavy atom. The first-order chi connectivity index (χ1) is 10.8. The predicted molar refractivity (Wildman–Crippen MR) is 89.7 cm³/mol. The van der Waals surface area contributed by atoms with Crippen molar-refractivity contribution in [2.24, 2.45) is 0 Å². The van der Waals surface area contributed by atoms with Crippen LogP contribution in [0.5, 0.6) is 0 Å². The summed E-state index contributed by atoms with van der Waals surface area (Å²) in [5.41, 5.74) is 3.69. The number of nitrogens with one attached hydrogen (secondary N) is 1. The molecule has 3 aromatic rings. The molecule has 4 nitrogen and oxygen atoms in total. The van der Waals surface area contributed by atoms with Crippen LogP contribution in [0.1, 0.15) is 13.3 Å². The first-order valence-electron chi connectivity index (χ1n) is 7.02. The third kappa shape index (κ3) is 3.20. The zero-order chi connectivity index (χ0) is 15.4. The molecule has 0 saturated carbocycles. The second-order valence-corrected chi connectivity index (χ2v) is 5.62. The Balaban J connectivity index is 1.87. The number of amides is 1. The van der Waals surface area contributed by atoms with E-state index in [1.807, 2.05) is 48.7 Å². The van der Waals surface area contributed by atoms with E-state index >= 15 is 0 Å². The number of benzene rings is 1. The number of nitrogens with zero attached hydrogens (tertiary/aromatic N) is 2. The van der Waals surface area contributed by atoms with Crippen molar-refractivity contribution in [1.29, 1.82) is 0 Å². The van der Waals surface area contributed by atoms with Gasteiger partial charge in [0.25, 0.3) is 0 Å². The number of carbonyl (C=O) groups excluding carboxylic acids is 1. The van der Waals surface area contributed by atoms with Crippen LogP contribution < -0.4 is 5.32 Å². The highest BCUT2D eigenvalue weighted by molar-refractivity contribution is 7.13. The Hall–Kier alpha value is -2.53. The van der Waals surface area contributed by atoms with Crippen LogP contribution in [0.4, 0.5) is 5.69 Å². The minimum absolute atomic E-state index is 0.00600. The van der Waals surface area contributed by atoms with Gasteiger partial charge in [-0.3, -0.25) is 9.78 Å². The van der Waals surface area contributed by atoms with Crippen LogP contribution in [0.25, 0.3) is 21.8 Å². The molecule has 0 aliphatic carbocycles. The molecule has 110 valence electrons. The molecule has 1 N–H and O–H groups in total. The van der Waals surface area contributed by atoms with Gasteiger partial charge in [0.1, 0.15) is 5.01 Å². The topological polar surface area (TPSA) is 54.9 Å². The van der Waals surface area contributed by atoms with E-state index in [9.17, 15) is 4.79 Å². The molecule has 0 aliphatic rings. The van der Waals surface area contributed by atoms with Gasteiger partial charge >= 0.3 is 0 Å². The Morgan fingerprint density at radius 2 is 2.09 bits per heavy atom. The fourth-order valence-electron chi connectivity index (χ4n) is 2.03. The second-order valence-electron chi connectivity index (χ2n) is 4.76. The lowest BCUT2D eigenvalue weighted by molar-refractivity contribution is -0.115. The highest BCUT2D eigenvalue weighted by Gasteiger charge is 2.08. The minimum Gasteiger partial charge on any atom is -0.326 e. The van der Waals surface area contributed by atoms with Gasteiger partial charge in [-0.05, 0) is 24.3 Å². The number of rotatable bonds is 4. The molecule has 1 aromatic carbocycles. The molecule has 2 aromatic heterocycles. The summed E-state index contributed by atoms with van der Waals surface area (Å²) in [6, 6.07) is 11.6. The van der Waals surface area contributed by atoms with Gasteiger partial charge in [-0.1, -0.05) is 19.1 Å². The lowest BCUT2D eigenvalue weighted by Crippen LogP contribution is -2.09. The first-order valence-corrected chi connectivity index (χ1v) is 7.90. The van der Waals surface area contributed by atoms with E-state index in [0.717, 1.165) is 27.5 Å². The number of aromatic nitrogens is 2. The fraction of sp³-hybridized carbons (Fsp3) is 0.118. The van der Waals surface area contributed by atoms with E-state index in [0.29, 0.717) is 6.42 Å². The summed E-state index contributed by atoms with van der Waals surface area (Å²) in [6.07, 6.45) is 4.02. The van der Waals surface area contributed by atoms with Crippen molar-refractivity contribution in [3.63, 3.8) is 0 Å². The highest BCUT2D eigenvalue weighted by Crippen LogP contribution is 2.29. The monoisotopic (exact) mass is 309 g/mol. The Kier molecular flexibility index (Phi) is 4.25. The SMILES string of the molecule is CCC(=O)Nc1cccc(-c2csc(-c3cccnc3)n2)c1. The summed E-state index contributed by atoms with van der Waals surface area (Å²) >= 11 is 1.58. The van der Waals surface area contributed by atoms with E-state index in [1.165, 1.54) is 0 Å². The van der Waals surface area contributed by atoms with Gasteiger partial charge in [-0.25, -0.2) is 4.98 Å². The molecule has 5 heteroatoms. The zero-order valence-electron chi connectivity index (χ0n) is 12.1. The number of carbonyl (C=O) groups is 1. The number of thiazole rings is 1. The Labute approximate surface area is 132 Å². The zero-order valence-corrected chi connectivity index (χ0v) is 12.9. The Bertz CT molecular complexity index is 783. The minimum atomic E-state index is 0.00600. The van der Waals surface area contributed by atoms with Crippen molar-refractivity contribution in [2.75, 3.05) is 5.32 Å². The summed E-state index contributed by atoms with van der Waals surface area (Å²) in [7, 11) is 0. The van der Waals surface area contributed by atoms with Gasteiger partial charge in [0.2, 0.25) is 5.91 Å². The van der Waals surface area contributed by atoms with Crippen molar-refractivity contribution >= 4 is 22.9 Å².